The Morgan fingerprint density at radius 2 is 1.65 bits per heavy atom. The normalized spacial score (nSPS) is 12.3. The van der Waals surface area contributed by atoms with Gasteiger partial charge in [-0.15, -0.1) is 11.3 Å². The van der Waals surface area contributed by atoms with Crippen molar-refractivity contribution in [2.24, 2.45) is 5.14 Å². The average Bonchev–Trinajstić information content (AvgIpc) is 2.65. The minimum absolute atomic E-state index is 0.205. The number of sulfonamides is 1. The first-order chi connectivity index (χ1) is 8.07. The van der Waals surface area contributed by atoms with Crippen LogP contribution in [0, 0.1) is 0 Å². The van der Waals surface area contributed by atoms with Gasteiger partial charge in [0.25, 0.3) is 0 Å². The molecule has 0 fully saturated rings. The number of primary sulfonamides is 1. The van der Waals surface area contributed by atoms with Gasteiger partial charge in [0, 0.05) is 15.5 Å². The van der Waals surface area contributed by atoms with Gasteiger partial charge in [0.1, 0.15) is 0 Å². The number of thiophene rings is 1. The number of rotatable bonds is 1. The molecule has 0 saturated carbocycles. The monoisotopic (exact) mass is 263 g/mol. The molecule has 0 amide bonds. The molecule has 0 radical (unpaired) electrons. The number of nitrogens with two attached hydrogens (primary N) is 1. The van der Waals surface area contributed by atoms with E-state index in [4.69, 9.17) is 5.14 Å². The quantitative estimate of drug-likeness (QED) is 0.733. The van der Waals surface area contributed by atoms with Crippen LogP contribution in [0.4, 0.5) is 0 Å². The van der Waals surface area contributed by atoms with Gasteiger partial charge in [-0.05, 0) is 12.1 Å². The van der Waals surface area contributed by atoms with E-state index in [0.29, 0.717) is 0 Å². The molecule has 1 aromatic heterocycles. The average molecular weight is 263 g/mol. The van der Waals surface area contributed by atoms with Gasteiger partial charge in [-0.25, -0.2) is 13.6 Å². The Kier molecular flexibility index (Phi) is 2.22. The van der Waals surface area contributed by atoms with Gasteiger partial charge in [-0.2, -0.15) is 0 Å². The molecule has 17 heavy (non-hydrogen) atoms. The highest BCUT2D eigenvalue weighted by Gasteiger charge is 2.15. The Labute approximate surface area is 103 Å². The van der Waals surface area contributed by atoms with Gasteiger partial charge in [0.05, 0.1) is 9.60 Å². The number of fused-ring (bicyclic) bond motifs is 3. The molecule has 5 heteroatoms. The molecule has 2 N–H and O–H groups in total. The summed E-state index contributed by atoms with van der Waals surface area (Å²) in [6.45, 7) is 0. The SMILES string of the molecule is NS(=O)(=O)c1cccc2c1sc1ccccc12. The Balaban J connectivity index is 2.57. The molecular formula is C12H9NO2S2. The van der Waals surface area contributed by atoms with E-state index in [0.717, 1.165) is 20.2 Å². The highest BCUT2D eigenvalue weighted by atomic mass is 32.2. The van der Waals surface area contributed by atoms with E-state index in [1.807, 2.05) is 30.3 Å². The van der Waals surface area contributed by atoms with E-state index in [9.17, 15) is 8.42 Å². The lowest BCUT2D eigenvalue weighted by atomic mass is 10.1. The highest BCUT2D eigenvalue weighted by molar-refractivity contribution is 7.89. The van der Waals surface area contributed by atoms with E-state index in [-0.39, 0.29) is 4.90 Å². The Morgan fingerprint density at radius 3 is 2.41 bits per heavy atom. The first-order valence-electron chi connectivity index (χ1n) is 5.00. The lowest BCUT2D eigenvalue weighted by Gasteiger charge is -1.98. The summed E-state index contributed by atoms with van der Waals surface area (Å²) in [7, 11) is -3.67. The third-order valence-electron chi connectivity index (χ3n) is 2.67. The molecule has 3 nitrogen and oxygen atoms in total. The molecule has 2 aromatic carbocycles. The Bertz CT molecular complexity index is 819. The first-order valence-corrected chi connectivity index (χ1v) is 7.37. The molecule has 1 heterocycles. The summed E-state index contributed by atoms with van der Waals surface area (Å²) in [5.41, 5.74) is 0. The van der Waals surface area contributed by atoms with Crippen molar-refractivity contribution < 1.29 is 8.42 Å². The molecule has 0 unspecified atom stereocenters. The summed E-state index contributed by atoms with van der Waals surface area (Å²) in [6, 6.07) is 13.0. The maximum atomic E-state index is 11.5. The summed E-state index contributed by atoms with van der Waals surface area (Å²) in [4.78, 5) is 0.205. The van der Waals surface area contributed by atoms with E-state index < -0.39 is 10.0 Å². The fraction of sp³-hybridized carbons (Fsp3) is 0. The zero-order valence-electron chi connectivity index (χ0n) is 8.75. The molecule has 86 valence electrons. The fourth-order valence-electron chi connectivity index (χ4n) is 1.95. The molecule has 0 aliphatic heterocycles. The van der Waals surface area contributed by atoms with Gasteiger partial charge in [-0.1, -0.05) is 30.3 Å². The number of hydrogen-bond acceptors (Lipinski definition) is 3. The predicted molar refractivity (Wildman–Crippen MR) is 70.7 cm³/mol. The second-order valence-corrected chi connectivity index (χ2v) is 6.36. The second kappa shape index (κ2) is 3.53. The molecule has 0 aliphatic carbocycles. The zero-order chi connectivity index (χ0) is 12.0. The van der Waals surface area contributed by atoms with Crippen molar-refractivity contribution in [2.45, 2.75) is 4.90 Å². The van der Waals surface area contributed by atoms with Crippen LogP contribution in [0.5, 0.6) is 0 Å². The van der Waals surface area contributed by atoms with E-state index >= 15 is 0 Å². The van der Waals surface area contributed by atoms with Crippen molar-refractivity contribution in [3.05, 3.63) is 42.5 Å². The van der Waals surface area contributed by atoms with Crippen LogP contribution in [-0.2, 0) is 10.0 Å². The van der Waals surface area contributed by atoms with E-state index in [1.165, 1.54) is 11.3 Å². The predicted octanol–water partition coefficient (Wildman–Crippen LogP) is 2.70. The summed E-state index contributed by atoms with van der Waals surface area (Å²) in [6.07, 6.45) is 0. The van der Waals surface area contributed by atoms with Crippen molar-refractivity contribution in [1.29, 1.82) is 0 Å². The molecule has 3 rings (SSSR count). The lowest BCUT2D eigenvalue weighted by molar-refractivity contribution is 0.599. The van der Waals surface area contributed by atoms with Gasteiger partial charge in [-0.3, -0.25) is 0 Å². The third-order valence-corrected chi connectivity index (χ3v) is 4.98. The van der Waals surface area contributed by atoms with Gasteiger partial charge in [0.15, 0.2) is 0 Å². The van der Waals surface area contributed by atoms with Crippen LogP contribution in [0.1, 0.15) is 0 Å². The van der Waals surface area contributed by atoms with Crippen LogP contribution >= 0.6 is 11.3 Å². The van der Waals surface area contributed by atoms with Gasteiger partial charge >= 0.3 is 0 Å². The zero-order valence-corrected chi connectivity index (χ0v) is 10.4. The van der Waals surface area contributed by atoms with Crippen LogP contribution in [0.2, 0.25) is 0 Å². The van der Waals surface area contributed by atoms with E-state index in [1.54, 1.807) is 12.1 Å². The van der Waals surface area contributed by atoms with Crippen molar-refractivity contribution in [3.63, 3.8) is 0 Å². The summed E-state index contributed by atoms with van der Waals surface area (Å²) >= 11 is 1.46. The van der Waals surface area contributed by atoms with Crippen molar-refractivity contribution in [3.8, 4) is 0 Å². The lowest BCUT2D eigenvalue weighted by Crippen LogP contribution is -2.11. The molecule has 0 bridgehead atoms. The summed E-state index contributed by atoms with van der Waals surface area (Å²) in [5, 5.41) is 7.23. The molecule has 0 spiro atoms. The smallest absolute Gasteiger partial charge is 0.225 e. The minimum Gasteiger partial charge on any atom is -0.225 e. The van der Waals surface area contributed by atoms with Crippen LogP contribution in [0.25, 0.3) is 20.2 Å². The van der Waals surface area contributed by atoms with Crippen molar-refractivity contribution in [1.82, 2.24) is 0 Å². The van der Waals surface area contributed by atoms with Crippen LogP contribution in [-0.4, -0.2) is 8.42 Å². The second-order valence-electron chi connectivity index (χ2n) is 3.78. The maximum absolute atomic E-state index is 11.5. The molecule has 0 aliphatic rings. The standard InChI is InChI=1S/C12H9NO2S2/c13-17(14,15)11-7-3-5-9-8-4-1-2-6-10(8)16-12(9)11/h1-7H,(H2,13,14,15). The molecule has 3 aromatic rings. The van der Waals surface area contributed by atoms with Crippen LogP contribution < -0.4 is 5.14 Å². The fourth-order valence-corrected chi connectivity index (χ4v) is 4.17. The van der Waals surface area contributed by atoms with Gasteiger partial charge in [0.2, 0.25) is 10.0 Å². The maximum Gasteiger partial charge on any atom is 0.239 e. The van der Waals surface area contributed by atoms with Crippen molar-refractivity contribution in [2.75, 3.05) is 0 Å². The molecular weight excluding hydrogens is 254 g/mol. The van der Waals surface area contributed by atoms with Crippen molar-refractivity contribution >= 4 is 41.5 Å². The third kappa shape index (κ3) is 1.63. The Hall–Kier alpha value is -1.43. The minimum atomic E-state index is -3.67. The number of hydrogen-bond donors (Lipinski definition) is 1. The van der Waals surface area contributed by atoms with Crippen LogP contribution in [0.3, 0.4) is 0 Å². The first kappa shape index (κ1) is 10.7. The molecule has 0 saturated heterocycles. The summed E-state index contributed by atoms with van der Waals surface area (Å²) < 4.78 is 24.8. The highest BCUT2D eigenvalue weighted by Crippen LogP contribution is 2.36. The molecule has 0 atom stereocenters. The topological polar surface area (TPSA) is 60.2 Å². The largest absolute Gasteiger partial charge is 0.239 e. The van der Waals surface area contributed by atoms with Gasteiger partial charge < -0.3 is 0 Å². The number of benzene rings is 2. The summed E-state index contributed by atoms with van der Waals surface area (Å²) in [5.74, 6) is 0. The Morgan fingerprint density at radius 1 is 0.941 bits per heavy atom. The van der Waals surface area contributed by atoms with E-state index in [2.05, 4.69) is 0 Å². The van der Waals surface area contributed by atoms with Crippen LogP contribution in [0.15, 0.2) is 47.4 Å².